The summed E-state index contributed by atoms with van der Waals surface area (Å²) in [4.78, 5) is 10.3. The van der Waals surface area contributed by atoms with Crippen LogP contribution in [-0.2, 0) is 14.8 Å². The van der Waals surface area contributed by atoms with Crippen molar-refractivity contribution in [3.8, 4) is 0 Å². The predicted octanol–water partition coefficient (Wildman–Crippen LogP) is 1.26. The van der Waals surface area contributed by atoms with Gasteiger partial charge in [0.25, 0.3) is 5.69 Å². The van der Waals surface area contributed by atoms with Crippen LogP contribution in [0.25, 0.3) is 0 Å². The molecule has 0 aliphatic heterocycles. The van der Waals surface area contributed by atoms with Crippen LogP contribution in [0, 0.1) is 17.0 Å². The number of hydrogen-bond acceptors (Lipinski definition) is 6. The molecule has 0 heterocycles. The monoisotopic (exact) mass is 317 g/mol. The van der Waals surface area contributed by atoms with Gasteiger partial charge < -0.3 is 10.1 Å². The molecular formula is C12H19N3O5S. The van der Waals surface area contributed by atoms with Gasteiger partial charge in [-0.05, 0) is 25.5 Å². The molecule has 1 rings (SSSR count). The molecule has 0 aliphatic rings. The molecule has 0 radical (unpaired) electrons. The summed E-state index contributed by atoms with van der Waals surface area (Å²) < 4.78 is 31.8. The van der Waals surface area contributed by atoms with Crippen molar-refractivity contribution in [1.82, 2.24) is 4.72 Å². The summed E-state index contributed by atoms with van der Waals surface area (Å²) in [5, 5.41) is 13.7. The van der Waals surface area contributed by atoms with Crippen molar-refractivity contribution >= 4 is 21.4 Å². The van der Waals surface area contributed by atoms with Gasteiger partial charge >= 0.3 is 0 Å². The van der Waals surface area contributed by atoms with Crippen molar-refractivity contribution in [3.05, 3.63) is 27.8 Å². The van der Waals surface area contributed by atoms with Gasteiger partial charge in [-0.25, -0.2) is 13.1 Å². The molecule has 0 spiro atoms. The Balaban J connectivity index is 3.23. The Morgan fingerprint density at radius 3 is 2.52 bits per heavy atom. The molecule has 1 unspecified atom stereocenters. The van der Waals surface area contributed by atoms with Crippen LogP contribution in [0.15, 0.2) is 17.0 Å². The SMILES string of the molecule is CNc1cc(C)c(S(=O)(=O)NCC(C)OC)cc1[N+](=O)[O-]. The van der Waals surface area contributed by atoms with E-state index in [1.165, 1.54) is 20.2 Å². The third-order valence-corrected chi connectivity index (χ3v) is 4.58. The van der Waals surface area contributed by atoms with Gasteiger partial charge in [0.15, 0.2) is 0 Å². The van der Waals surface area contributed by atoms with Gasteiger partial charge in [0.05, 0.1) is 15.9 Å². The smallest absolute Gasteiger partial charge is 0.293 e. The first-order chi connectivity index (χ1) is 9.72. The lowest BCUT2D eigenvalue weighted by molar-refractivity contribution is -0.384. The lowest BCUT2D eigenvalue weighted by atomic mass is 10.2. The summed E-state index contributed by atoms with van der Waals surface area (Å²) in [6, 6.07) is 2.49. The predicted molar refractivity (Wildman–Crippen MR) is 79.0 cm³/mol. The molecule has 0 fully saturated rings. The fourth-order valence-electron chi connectivity index (χ4n) is 1.71. The van der Waals surface area contributed by atoms with E-state index in [0.29, 0.717) is 5.56 Å². The maximum atomic E-state index is 12.2. The van der Waals surface area contributed by atoms with Crippen LogP contribution in [0.3, 0.4) is 0 Å². The average molecular weight is 317 g/mol. The van der Waals surface area contributed by atoms with E-state index in [4.69, 9.17) is 4.74 Å². The molecule has 0 saturated carbocycles. The summed E-state index contributed by atoms with van der Waals surface area (Å²) in [7, 11) is -0.834. The number of nitro groups is 1. The Kier molecular flexibility index (Phi) is 5.64. The molecule has 0 saturated heterocycles. The highest BCUT2D eigenvalue weighted by Crippen LogP contribution is 2.30. The van der Waals surface area contributed by atoms with Crippen molar-refractivity contribution in [2.24, 2.45) is 0 Å². The Hall–Kier alpha value is -1.71. The van der Waals surface area contributed by atoms with Crippen molar-refractivity contribution in [2.45, 2.75) is 24.8 Å². The minimum absolute atomic E-state index is 0.0832. The normalized spacial score (nSPS) is 13.0. The molecule has 0 aliphatic carbocycles. The number of anilines is 1. The number of aryl methyl sites for hydroxylation is 1. The van der Waals surface area contributed by atoms with Crippen LogP contribution in [0.5, 0.6) is 0 Å². The Labute approximate surface area is 123 Å². The standard InChI is InChI=1S/C12H19N3O5S/c1-8-5-10(13-3)11(15(16)17)6-12(8)21(18,19)14-7-9(2)20-4/h5-6,9,13-14H,7H2,1-4H3. The molecule has 1 atom stereocenters. The van der Waals surface area contributed by atoms with Gasteiger partial charge in [0.2, 0.25) is 10.0 Å². The molecule has 0 amide bonds. The van der Waals surface area contributed by atoms with E-state index in [-0.39, 0.29) is 28.9 Å². The van der Waals surface area contributed by atoms with Crippen LogP contribution in [0.4, 0.5) is 11.4 Å². The topological polar surface area (TPSA) is 111 Å². The first-order valence-corrected chi connectivity index (χ1v) is 7.70. The zero-order chi connectivity index (χ0) is 16.2. The number of nitrogens with zero attached hydrogens (tertiary/aromatic N) is 1. The second-order valence-electron chi connectivity index (χ2n) is 4.54. The van der Waals surface area contributed by atoms with Gasteiger partial charge in [-0.15, -0.1) is 0 Å². The molecule has 0 aromatic heterocycles. The van der Waals surface area contributed by atoms with E-state index in [2.05, 4.69) is 10.0 Å². The van der Waals surface area contributed by atoms with E-state index in [1.807, 2.05) is 0 Å². The minimum atomic E-state index is -3.84. The van der Waals surface area contributed by atoms with Gasteiger partial charge in [0, 0.05) is 26.8 Å². The summed E-state index contributed by atoms with van der Waals surface area (Å²) in [6.07, 6.45) is -0.299. The maximum absolute atomic E-state index is 12.2. The highest BCUT2D eigenvalue weighted by Gasteiger charge is 2.24. The minimum Gasteiger partial charge on any atom is -0.383 e. The number of methoxy groups -OCH3 is 1. The largest absolute Gasteiger partial charge is 0.383 e. The fraction of sp³-hybridized carbons (Fsp3) is 0.500. The third kappa shape index (κ3) is 4.13. The first kappa shape index (κ1) is 17.3. The second-order valence-corrected chi connectivity index (χ2v) is 6.28. The van der Waals surface area contributed by atoms with Crippen LogP contribution >= 0.6 is 0 Å². The van der Waals surface area contributed by atoms with Crippen molar-refractivity contribution in [3.63, 3.8) is 0 Å². The summed E-state index contributed by atoms with van der Waals surface area (Å²) >= 11 is 0. The second kappa shape index (κ2) is 6.83. The van der Waals surface area contributed by atoms with Gasteiger partial charge in [-0.3, -0.25) is 10.1 Å². The Morgan fingerprint density at radius 1 is 1.43 bits per heavy atom. The number of sulfonamides is 1. The van der Waals surface area contributed by atoms with Crippen molar-refractivity contribution < 1.29 is 18.1 Å². The lowest BCUT2D eigenvalue weighted by Crippen LogP contribution is -2.32. The van der Waals surface area contributed by atoms with Crippen LogP contribution < -0.4 is 10.0 Å². The van der Waals surface area contributed by atoms with Crippen molar-refractivity contribution in [1.29, 1.82) is 0 Å². The third-order valence-electron chi connectivity index (χ3n) is 3.01. The number of nitrogens with one attached hydrogen (secondary N) is 2. The Morgan fingerprint density at radius 2 is 2.05 bits per heavy atom. The molecule has 1 aromatic carbocycles. The highest BCUT2D eigenvalue weighted by molar-refractivity contribution is 7.89. The van der Waals surface area contributed by atoms with Crippen LogP contribution in [-0.4, -0.2) is 40.1 Å². The van der Waals surface area contributed by atoms with E-state index in [9.17, 15) is 18.5 Å². The zero-order valence-corrected chi connectivity index (χ0v) is 13.2. The van der Waals surface area contributed by atoms with Gasteiger partial charge in [-0.1, -0.05) is 0 Å². The highest BCUT2D eigenvalue weighted by atomic mass is 32.2. The molecule has 0 bridgehead atoms. The first-order valence-electron chi connectivity index (χ1n) is 6.22. The van der Waals surface area contributed by atoms with Crippen LogP contribution in [0.2, 0.25) is 0 Å². The number of rotatable bonds is 7. The van der Waals surface area contributed by atoms with E-state index < -0.39 is 14.9 Å². The summed E-state index contributed by atoms with van der Waals surface area (Å²) in [5.41, 5.74) is 0.396. The molecule has 1 aromatic rings. The van der Waals surface area contributed by atoms with E-state index >= 15 is 0 Å². The molecular weight excluding hydrogens is 298 g/mol. The fourth-order valence-corrected chi connectivity index (χ4v) is 3.07. The number of benzene rings is 1. The quantitative estimate of drug-likeness (QED) is 0.578. The summed E-state index contributed by atoms with van der Waals surface area (Å²) in [6.45, 7) is 3.38. The van der Waals surface area contributed by atoms with Crippen molar-refractivity contribution in [2.75, 3.05) is 26.0 Å². The number of ether oxygens (including phenoxy) is 1. The molecule has 8 nitrogen and oxygen atoms in total. The Bertz CT molecular complexity index is 630. The number of nitro benzene ring substituents is 1. The molecule has 9 heteroatoms. The maximum Gasteiger partial charge on any atom is 0.293 e. The average Bonchev–Trinajstić information content (AvgIpc) is 2.43. The molecule has 118 valence electrons. The van der Waals surface area contributed by atoms with E-state index in [0.717, 1.165) is 6.07 Å². The molecule has 21 heavy (non-hydrogen) atoms. The summed E-state index contributed by atoms with van der Waals surface area (Å²) in [5.74, 6) is 0. The number of hydrogen-bond donors (Lipinski definition) is 2. The van der Waals surface area contributed by atoms with E-state index in [1.54, 1.807) is 13.8 Å². The zero-order valence-electron chi connectivity index (χ0n) is 12.3. The van der Waals surface area contributed by atoms with Gasteiger partial charge in [0.1, 0.15) is 5.69 Å². The lowest BCUT2D eigenvalue weighted by Gasteiger charge is -2.13. The van der Waals surface area contributed by atoms with Gasteiger partial charge in [-0.2, -0.15) is 0 Å². The molecule has 2 N–H and O–H groups in total. The van der Waals surface area contributed by atoms with Crippen LogP contribution in [0.1, 0.15) is 12.5 Å².